The Balaban J connectivity index is 0.00000312. The number of hydrogen-bond donors (Lipinski definition) is 2. The summed E-state index contributed by atoms with van der Waals surface area (Å²) in [6.45, 7) is 1.93. The zero-order valence-corrected chi connectivity index (χ0v) is 15.2. The van der Waals surface area contributed by atoms with Gasteiger partial charge >= 0.3 is 0 Å². The number of benzene rings is 2. The third kappa shape index (κ3) is 5.53. The van der Waals surface area contributed by atoms with Gasteiger partial charge in [0.05, 0.1) is 10.6 Å². The summed E-state index contributed by atoms with van der Waals surface area (Å²) in [7, 11) is 0. The van der Waals surface area contributed by atoms with Gasteiger partial charge in [0, 0.05) is 30.1 Å². The molecule has 0 aromatic heterocycles. The molecule has 0 unspecified atom stereocenters. The monoisotopic (exact) mass is 384 g/mol. The largest absolute Gasteiger partial charge is 0.370 e. The maximum atomic E-state index is 14.7. The molecular formula is C18H19Cl2FN2O2. The van der Waals surface area contributed by atoms with Crippen LogP contribution in [0.15, 0.2) is 42.5 Å². The van der Waals surface area contributed by atoms with Crippen molar-refractivity contribution in [3.8, 4) is 0 Å². The lowest BCUT2D eigenvalue weighted by Crippen LogP contribution is -2.31. The number of amides is 1. The summed E-state index contributed by atoms with van der Waals surface area (Å²) in [4.78, 5) is 23.4. The molecule has 134 valence electrons. The van der Waals surface area contributed by atoms with E-state index in [1.807, 2.05) is 0 Å². The molecule has 4 nitrogen and oxygen atoms in total. The average molecular weight is 385 g/mol. The molecule has 2 aromatic carbocycles. The van der Waals surface area contributed by atoms with Crippen LogP contribution in [0.3, 0.4) is 0 Å². The Hall–Kier alpha value is -1.95. The SMILES string of the molecule is C[C@@H](CC(N)=O)NCc1ccc(Cl)c(C(=O)c2ccccc2)c1F.Cl. The van der Waals surface area contributed by atoms with E-state index in [0.717, 1.165) is 0 Å². The number of carbonyl (C=O) groups excluding carboxylic acids is 2. The Labute approximate surface area is 157 Å². The second-order valence-corrected chi connectivity index (χ2v) is 5.95. The van der Waals surface area contributed by atoms with Gasteiger partial charge < -0.3 is 11.1 Å². The van der Waals surface area contributed by atoms with Gasteiger partial charge in [0.1, 0.15) is 5.82 Å². The Bertz CT molecular complexity index is 754. The summed E-state index contributed by atoms with van der Waals surface area (Å²) < 4.78 is 14.7. The van der Waals surface area contributed by atoms with Gasteiger partial charge in [-0.05, 0) is 13.0 Å². The predicted octanol–water partition coefficient (Wildman–Crippen LogP) is 3.49. The van der Waals surface area contributed by atoms with Crippen molar-refractivity contribution in [1.82, 2.24) is 5.32 Å². The van der Waals surface area contributed by atoms with E-state index in [1.165, 1.54) is 12.1 Å². The summed E-state index contributed by atoms with van der Waals surface area (Å²) in [5, 5.41) is 3.07. The van der Waals surface area contributed by atoms with E-state index in [9.17, 15) is 14.0 Å². The van der Waals surface area contributed by atoms with E-state index < -0.39 is 17.5 Å². The smallest absolute Gasteiger partial charge is 0.218 e. The summed E-state index contributed by atoms with van der Waals surface area (Å²) in [6, 6.07) is 11.2. The van der Waals surface area contributed by atoms with Crippen molar-refractivity contribution in [2.45, 2.75) is 25.9 Å². The molecule has 0 bridgehead atoms. The average Bonchev–Trinajstić information content (AvgIpc) is 2.54. The molecule has 1 amide bonds. The Kier molecular flexibility index (Phi) is 8.03. The number of hydrogen-bond acceptors (Lipinski definition) is 3. The highest BCUT2D eigenvalue weighted by Crippen LogP contribution is 2.25. The molecule has 0 aliphatic heterocycles. The van der Waals surface area contributed by atoms with E-state index in [-0.39, 0.29) is 42.0 Å². The second-order valence-electron chi connectivity index (χ2n) is 5.54. The van der Waals surface area contributed by atoms with Crippen LogP contribution < -0.4 is 11.1 Å². The summed E-state index contributed by atoms with van der Waals surface area (Å²) >= 11 is 6.04. The molecule has 0 saturated carbocycles. The third-order valence-electron chi connectivity index (χ3n) is 3.58. The first-order valence-electron chi connectivity index (χ1n) is 7.48. The molecular weight excluding hydrogens is 366 g/mol. The lowest BCUT2D eigenvalue weighted by atomic mass is 10.00. The minimum absolute atomic E-state index is 0. The Morgan fingerprint density at radius 3 is 2.44 bits per heavy atom. The number of primary amides is 1. The van der Waals surface area contributed by atoms with Crippen LogP contribution in [0.1, 0.15) is 34.8 Å². The van der Waals surface area contributed by atoms with E-state index in [1.54, 1.807) is 37.3 Å². The molecule has 3 N–H and O–H groups in total. The molecule has 0 aliphatic carbocycles. The van der Waals surface area contributed by atoms with Gasteiger partial charge in [-0.15, -0.1) is 12.4 Å². The highest BCUT2D eigenvalue weighted by Gasteiger charge is 2.20. The van der Waals surface area contributed by atoms with Crippen molar-refractivity contribution in [1.29, 1.82) is 0 Å². The summed E-state index contributed by atoms with van der Waals surface area (Å²) in [5.74, 6) is -1.56. The Morgan fingerprint density at radius 2 is 1.84 bits per heavy atom. The van der Waals surface area contributed by atoms with E-state index in [2.05, 4.69) is 5.32 Å². The number of rotatable bonds is 7. The van der Waals surface area contributed by atoms with Crippen LogP contribution in [0.25, 0.3) is 0 Å². The fourth-order valence-electron chi connectivity index (χ4n) is 2.33. The van der Waals surface area contributed by atoms with Gasteiger partial charge in [-0.3, -0.25) is 9.59 Å². The maximum Gasteiger partial charge on any atom is 0.218 e. The zero-order chi connectivity index (χ0) is 17.7. The number of ketones is 1. The van der Waals surface area contributed by atoms with Crippen LogP contribution >= 0.6 is 24.0 Å². The van der Waals surface area contributed by atoms with Crippen LogP contribution in [0.2, 0.25) is 5.02 Å². The number of nitrogens with one attached hydrogen (secondary N) is 1. The van der Waals surface area contributed by atoms with Gasteiger partial charge in [0.25, 0.3) is 0 Å². The lowest BCUT2D eigenvalue weighted by Gasteiger charge is -2.14. The van der Waals surface area contributed by atoms with Crippen LogP contribution in [-0.2, 0) is 11.3 Å². The van der Waals surface area contributed by atoms with Crippen LogP contribution in [0.5, 0.6) is 0 Å². The predicted molar refractivity (Wildman–Crippen MR) is 98.6 cm³/mol. The third-order valence-corrected chi connectivity index (χ3v) is 3.90. The molecule has 2 rings (SSSR count). The van der Waals surface area contributed by atoms with Crippen molar-refractivity contribution in [3.05, 3.63) is 70.0 Å². The normalized spacial score (nSPS) is 11.5. The van der Waals surface area contributed by atoms with Gasteiger partial charge in [-0.1, -0.05) is 48.0 Å². The first-order chi connectivity index (χ1) is 11.4. The first kappa shape index (κ1) is 21.1. The van der Waals surface area contributed by atoms with Crippen molar-refractivity contribution in [2.24, 2.45) is 5.73 Å². The number of nitrogens with two attached hydrogens (primary N) is 1. The summed E-state index contributed by atoms with van der Waals surface area (Å²) in [5.41, 5.74) is 5.64. The van der Waals surface area contributed by atoms with Crippen molar-refractivity contribution < 1.29 is 14.0 Å². The van der Waals surface area contributed by atoms with E-state index in [4.69, 9.17) is 17.3 Å². The fraction of sp³-hybridized carbons (Fsp3) is 0.222. The number of carbonyl (C=O) groups is 2. The molecule has 0 radical (unpaired) electrons. The van der Waals surface area contributed by atoms with E-state index in [0.29, 0.717) is 11.1 Å². The van der Waals surface area contributed by atoms with Crippen molar-refractivity contribution in [2.75, 3.05) is 0 Å². The highest BCUT2D eigenvalue weighted by molar-refractivity contribution is 6.35. The number of halogens is 3. The topological polar surface area (TPSA) is 72.2 Å². The van der Waals surface area contributed by atoms with Gasteiger partial charge in [0.15, 0.2) is 5.78 Å². The molecule has 25 heavy (non-hydrogen) atoms. The van der Waals surface area contributed by atoms with Gasteiger partial charge in [-0.2, -0.15) is 0 Å². The van der Waals surface area contributed by atoms with E-state index >= 15 is 0 Å². The highest BCUT2D eigenvalue weighted by atomic mass is 35.5. The quantitative estimate of drug-likeness (QED) is 0.717. The molecule has 0 saturated heterocycles. The van der Waals surface area contributed by atoms with Crippen LogP contribution in [0, 0.1) is 5.82 Å². The summed E-state index contributed by atoms with van der Waals surface area (Å²) in [6.07, 6.45) is 0.144. The van der Waals surface area contributed by atoms with Gasteiger partial charge in [-0.25, -0.2) is 4.39 Å². The fourth-order valence-corrected chi connectivity index (χ4v) is 2.56. The van der Waals surface area contributed by atoms with Crippen LogP contribution in [-0.4, -0.2) is 17.7 Å². The molecule has 0 fully saturated rings. The standard InChI is InChI=1S/C18H18ClFN2O2.ClH/c1-11(9-15(21)23)22-10-13-7-8-14(19)16(17(13)20)18(24)12-5-3-2-4-6-12;/h2-8,11,22H,9-10H2,1H3,(H2,21,23);1H/t11-;/m0./s1. The van der Waals surface area contributed by atoms with Crippen LogP contribution in [0.4, 0.5) is 4.39 Å². The molecule has 0 spiro atoms. The second kappa shape index (κ2) is 9.51. The Morgan fingerprint density at radius 1 is 1.20 bits per heavy atom. The molecule has 7 heteroatoms. The maximum absolute atomic E-state index is 14.7. The zero-order valence-electron chi connectivity index (χ0n) is 13.6. The molecule has 2 aromatic rings. The molecule has 0 heterocycles. The van der Waals surface area contributed by atoms with Crippen molar-refractivity contribution >= 4 is 35.7 Å². The first-order valence-corrected chi connectivity index (χ1v) is 7.86. The molecule has 1 atom stereocenters. The van der Waals surface area contributed by atoms with Crippen molar-refractivity contribution in [3.63, 3.8) is 0 Å². The molecule has 0 aliphatic rings. The lowest BCUT2D eigenvalue weighted by molar-refractivity contribution is -0.118. The minimum atomic E-state index is -0.657. The van der Waals surface area contributed by atoms with Gasteiger partial charge in [0.2, 0.25) is 5.91 Å². The minimum Gasteiger partial charge on any atom is -0.370 e.